The van der Waals surface area contributed by atoms with Crippen molar-refractivity contribution in [2.24, 2.45) is 11.7 Å². The molecule has 2 rings (SSSR count). The molecule has 1 heterocycles. The topological polar surface area (TPSA) is 49.5 Å². The van der Waals surface area contributed by atoms with Gasteiger partial charge in [-0.1, -0.05) is 25.1 Å². The van der Waals surface area contributed by atoms with E-state index in [1.54, 1.807) is 0 Å². The van der Waals surface area contributed by atoms with Crippen LogP contribution in [0.4, 0.5) is 5.69 Å². The van der Waals surface area contributed by atoms with Crippen LogP contribution in [0, 0.1) is 5.92 Å². The minimum atomic E-state index is 0.250. The third-order valence-corrected chi connectivity index (χ3v) is 3.52. The summed E-state index contributed by atoms with van der Waals surface area (Å²) >= 11 is 0. The van der Waals surface area contributed by atoms with Gasteiger partial charge in [-0.25, -0.2) is 0 Å². The van der Waals surface area contributed by atoms with Crippen LogP contribution >= 0.6 is 0 Å². The Bertz CT molecular complexity index is 367. The van der Waals surface area contributed by atoms with Gasteiger partial charge in [-0.05, 0) is 30.5 Å². The number of aliphatic hydroxyl groups excluding tert-OH is 1. The lowest BCUT2D eigenvalue weighted by Crippen LogP contribution is -2.29. The van der Waals surface area contributed by atoms with Crippen molar-refractivity contribution in [1.82, 2.24) is 0 Å². The second-order valence-corrected chi connectivity index (χ2v) is 5.03. The second-order valence-electron chi connectivity index (χ2n) is 5.03. The van der Waals surface area contributed by atoms with Crippen LogP contribution in [0.1, 0.15) is 24.8 Å². The Morgan fingerprint density at radius 3 is 2.94 bits per heavy atom. The van der Waals surface area contributed by atoms with Crippen molar-refractivity contribution in [3.63, 3.8) is 0 Å². The van der Waals surface area contributed by atoms with Gasteiger partial charge in [0, 0.05) is 31.3 Å². The molecule has 94 valence electrons. The molecule has 1 aliphatic heterocycles. The third kappa shape index (κ3) is 2.61. The number of anilines is 1. The van der Waals surface area contributed by atoms with E-state index < -0.39 is 0 Å². The SMILES string of the molecule is CC(CO)CN1CC(CCN)c2ccccc21. The maximum absolute atomic E-state index is 9.17. The Hall–Kier alpha value is -1.06. The molecule has 17 heavy (non-hydrogen) atoms. The van der Waals surface area contributed by atoms with Crippen molar-refractivity contribution in [3.8, 4) is 0 Å². The Morgan fingerprint density at radius 2 is 2.24 bits per heavy atom. The van der Waals surface area contributed by atoms with Gasteiger partial charge in [-0.3, -0.25) is 0 Å². The van der Waals surface area contributed by atoms with Crippen molar-refractivity contribution in [1.29, 1.82) is 0 Å². The number of fused-ring (bicyclic) bond motifs is 1. The Morgan fingerprint density at radius 1 is 1.47 bits per heavy atom. The van der Waals surface area contributed by atoms with E-state index in [0.29, 0.717) is 11.8 Å². The first-order valence-corrected chi connectivity index (χ1v) is 6.41. The van der Waals surface area contributed by atoms with Gasteiger partial charge in [0.2, 0.25) is 0 Å². The normalized spacial score (nSPS) is 20.4. The van der Waals surface area contributed by atoms with E-state index in [2.05, 4.69) is 36.1 Å². The Labute approximate surface area is 103 Å². The Kier molecular flexibility index (Phi) is 4.02. The molecular formula is C14H22N2O. The zero-order valence-electron chi connectivity index (χ0n) is 10.5. The van der Waals surface area contributed by atoms with Crippen LogP contribution in [0.3, 0.4) is 0 Å². The molecule has 0 saturated heterocycles. The smallest absolute Gasteiger partial charge is 0.0473 e. The van der Waals surface area contributed by atoms with Gasteiger partial charge in [-0.15, -0.1) is 0 Å². The number of aliphatic hydroxyl groups is 1. The molecule has 3 heteroatoms. The number of benzene rings is 1. The first kappa shape index (κ1) is 12.4. The Balaban J connectivity index is 2.16. The van der Waals surface area contributed by atoms with Gasteiger partial charge in [0.25, 0.3) is 0 Å². The van der Waals surface area contributed by atoms with Gasteiger partial charge in [-0.2, -0.15) is 0 Å². The number of rotatable bonds is 5. The van der Waals surface area contributed by atoms with E-state index in [9.17, 15) is 0 Å². The van der Waals surface area contributed by atoms with Crippen molar-refractivity contribution >= 4 is 5.69 Å². The average molecular weight is 234 g/mol. The fourth-order valence-corrected chi connectivity index (χ4v) is 2.64. The van der Waals surface area contributed by atoms with Gasteiger partial charge >= 0.3 is 0 Å². The largest absolute Gasteiger partial charge is 0.396 e. The number of nitrogens with two attached hydrogens (primary N) is 1. The molecule has 0 aromatic heterocycles. The highest BCUT2D eigenvalue weighted by atomic mass is 16.3. The monoisotopic (exact) mass is 234 g/mol. The van der Waals surface area contributed by atoms with Crippen LogP contribution in [0.5, 0.6) is 0 Å². The van der Waals surface area contributed by atoms with Crippen LogP contribution in [0.25, 0.3) is 0 Å². The van der Waals surface area contributed by atoms with Crippen LogP contribution in [0.2, 0.25) is 0 Å². The summed E-state index contributed by atoms with van der Waals surface area (Å²) in [6, 6.07) is 8.57. The molecule has 1 aromatic rings. The number of nitrogens with zero attached hydrogens (tertiary/aromatic N) is 1. The van der Waals surface area contributed by atoms with Crippen LogP contribution in [0.15, 0.2) is 24.3 Å². The minimum Gasteiger partial charge on any atom is -0.396 e. The number of para-hydroxylation sites is 1. The van der Waals surface area contributed by atoms with Crippen LogP contribution in [-0.4, -0.2) is 31.3 Å². The molecule has 0 radical (unpaired) electrons. The standard InChI is InChI=1S/C14H22N2O/c1-11(10-17)8-16-9-12(6-7-15)13-4-2-3-5-14(13)16/h2-5,11-12,17H,6-10,15H2,1H3. The summed E-state index contributed by atoms with van der Waals surface area (Å²) in [5.41, 5.74) is 8.42. The summed E-state index contributed by atoms with van der Waals surface area (Å²) in [4.78, 5) is 2.39. The van der Waals surface area contributed by atoms with E-state index in [1.807, 2.05) is 0 Å². The van der Waals surface area contributed by atoms with E-state index in [4.69, 9.17) is 10.8 Å². The highest BCUT2D eigenvalue weighted by Crippen LogP contribution is 2.37. The van der Waals surface area contributed by atoms with Crippen molar-refractivity contribution in [3.05, 3.63) is 29.8 Å². The molecule has 0 aliphatic carbocycles. The predicted octanol–water partition coefficient (Wildman–Crippen LogP) is 1.57. The van der Waals surface area contributed by atoms with E-state index in [-0.39, 0.29) is 6.61 Å². The van der Waals surface area contributed by atoms with Crippen molar-refractivity contribution in [2.45, 2.75) is 19.3 Å². The zero-order chi connectivity index (χ0) is 12.3. The molecule has 2 atom stereocenters. The fraction of sp³-hybridized carbons (Fsp3) is 0.571. The molecule has 0 bridgehead atoms. The number of hydrogen-bond donors (Lipinski definition) is 2. The van der Waals surface area contributed by atoms with Crippen LogP contribution in [-0.2, 0) is 0 Å². The predicted molar refractivity (Wildman–Crippen MR) is 71.3 cm³/mol. The fourth-order valence-electron chi connectivity index (χ4n) is 2.64. The maximum Gasteiger partial charge on any atom is 0.0473 e. The van der Waals surface area contributed by atoms with E-state index >= 15 is 0 Å². The maximum atomic E-state index is 9.17. The first-order valence-electron chi connectivity index (χ1n) is 6.41. The molecule has 0 saturated carbocycles. The molecule has 3 nitrogen and oxygen atoms in total. The molecule has 0 fully saturated rings. The molecular weight excluding hydrogens is 212 g/mol. The second kappa shape index (κ2) is 5.52. The lowest BCUT2D eigenvalue weighted by molar-refractivity contribution is 0.239. The highest BCUT2D eigenvalue weighted by molar-refractivity contribution is 5.60. The van der Waals surface area contributed by atoms with Gasteiger partial charge in [0.05, 0.1) is 0 Å². The summed E-state index contributed by atoms with van der Waals surface area (Å²) in [6.45, 7) is 5.04. The van der Waals surface area contributed by atoms with E-state index in [0.717, 1.165) is 26.1 Å². The van der Waals surface area contributed by atoms with Gasteiger partial charge < -0.3 is 15.7 Å². The van der Waals surface area contributed by atoms with Gasteiger partial charge in [0.15, 0.2) is 0 Å². The quantitative estimate of drug-likeness (QED) is 0.813. The molecule has 3 N–H and O–H groups in total. The summed E-state index contributed by atoms with van der Waals surface area (Å²) in [7, 11) is 0. The molecule has 2 unspecified atom stereocenters. The number of hydrogen-bond acceptors (Lipinski definition) is 3. The lowest BCUT2D eigenvalue weighted by atomic mass is 9.98. The van der Waals surface area contributed by atoms with Gasteiger partial charge in [0.1, 0.15) is 0 Å². The summed E-state index contributed by atoms with van der Waals surface area (Å²) in [6.07, 6.45) is 1.04. The molecule has 1 aromatic carbocycles. The van der Waals surface area contributed by atoms with Crippen molar-refractivity contribution in [2.75, 3.05) is 31.1 Å². The van der Waals surface area contributed by atoms with Crippen LogP contribution < -0.4 is 10.6 Å². The summed E-state index contributed by atoms with van der Waals surface area (Å²) in [5, 5.41) is 9.17. The van der Waals surface area contributed by atoms with E-state index in [1.165, 1.54) is 11.3 Å². The lowest BCUT2D eigenvalue weighted by Gasteiger charge is -2.23. The van der Waals surface area contributed by atoms with Crippen molar-refractivity contribution < 1.29 is 5.11 Å². The summed E-state index contributed by atoms with van der Waals surface area (Å²) < 4.78 is 0. The third-order valence-electron chi connectivity index (χ3n) is 3.52. The minimum absolute atomic E-state index is 0.250. The first-order chi connectivity index (χ1) is 8.26. The zero-order valence-corrected chi connectivity index (χ0v) is 10.5. The summed E-state index contributed by atoms with van der Waals surface area (Å²) in [5.74, 6) is 0.877. The highest BCUT2D eigenvalue weighted by Gasteiger charge is 2.27. The average Bonchev–Trinajstić information content (AvgIpc) is 2.69. The molecule has 1 aliphatic rings. The molecule has 0 spiro atoms. The molecule has 0 amide bonds.